The molecule has 8 aromatic carbocycles. The van der Waals surface area contributed by atoms with Gasteiger partial charge >= 0.3 is 0 Å². The molecule has 0 fully saturated rings. The van der Waals surface area contributed by atoms with Gasteiger partial charge in [0.05, 0.1) is 5.69 Å². The van der Waals surface area contributed by atoms with Gasteiger partial charge in [-0.25, -0.2) is 0 Å². The van der Waals surface area contributed by atoms with Crippen molar-refractivity contribution < 1.29 is 4.42 Å². The van der Waals surface area contributed by atoms with Gasteiger partial charge in [0.25, 0.3) is 0 Å². The van der Waals surface area contributed by atoms with Crippen LogP contribution in [0.5, 0.6) is 0 Å². The van der Waals surface area contributed by atoms with Gasteiger partial charge in [-0.2, -0.15) is 0 Å². The van der Waals surface area contributed by atoms with Gasteiger partial charge in [-0.1, -0.05) is 127 Å². The quantitative estimate of drug-likeness (QED) is 0.186. The second-order valence-corrected chi connectivity index (χ2v) is 13.5. The molecule has 230 valence electrons. The number of thiophene rings is 1. The Balaban J connectivity index is 1.15. The van der Waals surface area contributed by atoms with Crippen LogP contribution < -0.4 is 4.90 Å². The predicted octanol–water partition coefficient (Wildman–Crippen LogP) is 13.9. The molecule has 2 aromatic heterocycles. The fourth-order valence-electron chi connectivity index (χ4n) is 7.33. The van der Waals surface area contributed by atoms with Crippen molar-refractivity contribution in [2.45, 2.75) is 0 Å². The molecule has 10 aromatic rings. The first-order chi connectivity index (χ1) is 24.3. The zero-order chi connectivity index (χ0) is 32.3. The van der Waals surface area contributed by atoms with Crippen LogP contribution in [0.4, 0.5) is 17.1 Å². The number of benzene rings is 8. The van der Waals surface area contributed by atoms with E-state index in [1.165, 1.54) is 47.5 Å². The second kappa shape index (κ2) is 11.2. The van der Waals surface area contributed by atoms with E-state index in [9.17, 15) is 0 Å². The molecule has 49 heavy (non-hydrogen) atoms. The van der Waals surface area contributed by atoms with Crippen molar-refractivity contribution in [3.63, 3.8) is 0 Å². The molecule has 10 rings (SSSR count). The van der Waals surface area contributed by atoms with E-state index in [0.29, 0.717) is 0 Å². The number of anilines is 3. The lowest BCUT2D eigenvalue weighted by molar-refractivity contribution is 0.670. The van der Waals surface area contributed by atoms with Gasteiger partial charge in [0.2, 0.25) is 0 Å². The SMILES string of the molecule is c1ccc(-c2ccc(N(c3ccc(-c4cc5c6ccccc6sc5c5c4oc4ccccc45)cc3)c3cccc4ccccc34)cc2)cc1. The van der Waals surface area contributed by atoms with Crippen molar-refractivity contribution in [1.82, 2.24) is 0 Å². The summed E-state index contributed by atoms with van der Waals surface area (Å²) < 4.78 is 9.22. The zero-order valence-electron chi connectivity index (χ0n) is 26.5. The van der Waals surface area contributed by atoms with Crippen molar-refractivity contribution in [1.29, 1.82) is 0 Å². The first-order valence-corrected chi connectivity index (χ1v) is 17.4. The van der Waals surface area contributed by atoms with Crippen LogP contribution in [0.15, 0.2) is 180 Å². The Labute approximate surface area is 287 Å². The number of hydrogen-bond donors (Lipinski definition) is 0. The molecule has 0 saturated carbocycles. The van der Waals surface area contributed by atoms with E-state index in [2.05, 4.69) is 181 Å². The van der Waals surface area contributed by atoms with Gasteiger partial charge in [-0.15, -0.1) is 11.3 Å². The Hall–Kier alpha value is -6.16. The molecule has 0 aliphatic carbocycles. The lowest BCUT2D eigenvalue weighted by Gasteiger charge is -2.27. The van der Waals surface area contributed by atoms with Crippen LogP contribution in [0.2, 0.25) is 0 Å². The van der Waals surface area contributed by atoms with Crippen molar-refractivity contribution in [2.24, 2.45) is 0 Å². The third kappa shape index (κ3) is 4.55. The first kappa shape index (κ1) is 27.9. The molecule has 0 saturated heterocycles. The molecule has 2 heterocycles. The molecule has 0 unspecified atom stereocenters. The number of nitrogens with zero attached hydrogens (tertiary/aromatic N) is 1. The fourth-order valence-corrected chi connectivity index (χ4v) is 8.57. The first-order valence-electron chi connectivity index (χ1n) is 16.6. The number of fused-ring (bicyclic) bond motifs is 8. The molecule has 0 aliphatic heterocycles. The van der Waals surface area contributed by atoms with Crippen LogP contribution >= 0.6 is 11.3 Å². The molecule has 0 N–H and O–H groups in total. The molecule has 0 spiro atoms. The predicted molar refractivity (Wildman–Crippen MR) is 210 cm³/mol. The van der Waals surface area contributed by atoms with Crippen LogP contribution in [0, 0.1) is 0 Å². The summed E-state index contributed by atoms with van der Waals surface area (Å²) in [5.41, 5.74) is 9.84. The molecule has 0 amide bonds. The zero-order valence-corrected chi connectivity index (χ0v) is 27.3. The average molecular weight is 644 g/mol. The van der Waals surface area contributed by atoms with Crippen LogP contribution in [0.1, 0.15) is 0 Å². The Bertz CT molecular complexity index is 2800. The summed E-state index contributed by atoms with van der Waals surface area (Å²) in [7, 11) is 0. The Kier molecular flexibility index (Phi) is 6.39. The summed E-state index contributed by atoms with van der Waals surface area (Å²) in [4.78, 5) is 2.37. The molecule has 0 bridgehead atoms. The minimum absolute atomic E-state index is 0.918. The van der Waals surface area contributed by atoms with Crippen molar-refractivity contribution in [3.05, 3.63) is 176 Å². The summed E-state index contributed by atoms with van der Waals surface area (Å²) in [6, 6.07) is 63.0. The second-order valence-electron chi connectivity index (χ2n) is 12.5. The summed E-state index contributed by atoms with van der Waals surface area (Å²) >= 11 is 1.85. The largest absolute Gasteiger partial charge is 0.455 e. The maximum atomic E-state index is 6.65. The molecular weight excluding hydrogens is 615 g/mol. The average Bonchev–Trinajstić information content (AvgIpc) is 3.74. The highest BCUT2D eigenvalue weighted by atomic mass is 32.1. The van der Waals surface area contributed by atoms with Gasteiger partial charge in [0.15, 0.2) is 0 Å². The van der Waals surface area contributed by atoms with E-state index in [-0.39, 0.29) is 0 Å². The van der Waals surface area contributed by atoms with Crippen LogP contribution in [0.3, 0.4) is 0 Å². The number of furan rings is 1. The highest BCUT2D eigenvalue weighted by molar-refractivity contribution is 7.26. The Morgan fingerprint density at radius 3 is 1.86 bits per heavy atom. The highest BCUT2D eigenvalue weighted by Gasteiger charge is 2.20. The summed E-state index contributed by atoms with van der Waals surface area (Å²) in [5, 5.41) is 7.34. The van der Waals surface area contributed by atoms with Crippen LogP contribution in [0.25, 0.3) is 75.1 Å². The van der Waals surface area contributed by atoms with E-state index in [4.69, 9.17) is 4.42 Å². The molecule has 3 heteroatoms. The van der Waals surface area contributed by atoms with Crippen molar-refractivity contribution in [3.8, 4) is 22.3 Å². The summed E-state index contributed by atoms with van der Waals surface area (Å²) in [6.45, 7) is 0. The third-order valence-corrected chi connectivity index (χ3v) is 10.9. The summed E-state index contributed by atoms with van der Waals surface area (Å²) in [5.74, 6) is 0. The normalized spacial score (nSPS) is 11.7. The Morgan fingerprint density at radius 1 is 0.449 bits per heavy atom. The minimum atomic E-state index is 0.918. The van der Waals surface area contributed by atoms with Crippen molar-refractivity contribution >= 4 is 81.3 Å². The van der Waals surface area contributed by atoms with E-state index in [1.54, 1.807) is 0 Å². The lowest BCUT2D eigenvalue weighted by atomic mass is 9.98. The smallest absolute Gasteiger partial charge is 0.144 e. The van der Waals surface area contributed by atoms with Gasteiger partial charge in [-0.05, 0) is 70.6 Å². The lowest BCUT2D eigenvalue weighted by Crippen LogP contribution is -2.10. The number of hydrogen-bond acceptors (Lipinski definition) is 3. The van der Waals surface area contributed by atoms with Gasteiger partial charge in [0, 0.05) is 53.3 Å². The van der Waals surface area contributed by atoms with Gasteiger partial charge in [0.1, 0.15) is 11.2 Å². The maximum absolute atomic E-state index is 6.65. The fraction of sp³-hybridized carbons (Fsp3) is 0. The summed E-state index contributed by atoms with van der Waals surface area (Å²) in [6.07, 6.45) is 0. The molecule has 0 aliphatic rings. The minimum Gasteiger partial charge on any atom is -0.455 e. The highest BCUT2D eigenvalue weighted by Crippen LogP contribution is 2.47. The van der Waals surface area contributed by atoms with E-state index < -0.39 is 0 Å². The monoisotopic (exact) mass is 643 g/mol. The van der Waals surface area contributed by atoms with Crippen LogP contribution in [-0.2, 0) is 0 Å². The molecule has 0 radical (unpaired) electrons. The third-order valence-electron chi connectivity index (χ3n) is 9.67. The molecule has 2 nitrogen and oxygen atoms in total. The Morgan fingerprint density at radius 2 is 1.06 bits per heavy atom. The van der Waals surface area contributed by atoms with E-state index >= 15 is 0 Å². The van der Waals surface area contributed by atoms with Crippen molar-refractivity contribution in [2.75, 3.05) is 4.90 Å². The molecule has 0 atom stereocenters. The van der Waals surface area contributed by atoms with E-state index in [1.807, 2.05) is 11.3 Å². The van der Waals surface area contributed by atoms with Gasteiger partial charge in [-0.3, -0.25) is 0 Å². The standard InChI is InChI=1S/C46H29NOS/c1-2-11-30(12-3-1)31-21-25-34(26-22-31)47(41-18-10-14-32-13-4-5-15-36(32)41)35-27-23-33(24-28-35)39-29-40-37-16-7-9-20-43(37)49-46(40)44-38-17-6-8-19-42(38)48-45(39)44/h1-29H. The number of rotatable bonds is 5. The molecular formula is C46H29NOS. The van der Waals surface area contributed by atoms with Crippen LogP contribution in [-0.4, -0.2) is 0 Å². The van der Waals surface area contributed by atoms with Gasteiger partial charge < -0.3 is 9.32 Å². The topological polar surface area (TPSA) is 16.4 Å². The number of para-hydroxylation sites is 1. The van der Waals surface area contributed by atoms with E-state index in [0.717, 1.165) is 44.7 Å². The maximum Gasteiger partial charge on any atom is 0.144 e.